The van der Waals surface area contributed by atoms with Crippen molar-refractivity contribution in [2.75, 3.05) is 0 Å². The molecular formula is C12H13N3O2. The molecule has 1 aliphatic carbocycles. The summed E-state index contributed by atoms with van der Waals surface area (Å²) >= 11 is 0. The molecule has 2 aromatic heterocycles. The number of nitrogens with zero attached hydrogens (tertiary/aromatic N) is 3. The van der Waals surface area contributed by atoms with Gasteiger partial charge in [0.15, 0.2) is 11.6 Å². The molecular weight excluding hydrogens is 218 g/mol. The van der Waals surface area contributed by atoms with Crippen molar-refractivity contribution < 1.29 is 9.32 Å². The van der Waals surface area contributed by atoms with E-state index in [1.165, 1.54) is 0 Å². The van der Waals surface area contributed by atoms with Gasteiger partial charge in [-0.15, -0.1) is 0 Å². The largest absolute Gasteiger partial charge is 0.344 e. The van der Waals surface area contributed by atoms with E-state index in [2.05, 4.69) is 10.1 Å². The molecule has 0 bridgehead atoms. The normalized spacial score (nSPS) is 15.1. The summed E-state index contributed by atoms with van der Waals surface area (Å²) < 4.78 is 6.92. The van der Waals surface area contributed by atoms with E-state index in [9.17, 15) is 4.79 Å². The highest BCUT2D eigenvalue weighted by Gasteiger charge is 2.30. The van der Waals surface area contributed by atoms with Crippen LogP contribution in [0.1, 0.15) is 34.9 Å². The second-order valence-corrected chi connectivity index (χ2v) is 4.45. The van der Waals surface area contributed by atoms with Crippen LogP contribution < -0.4 is 0 Å². The lowest BCUT2D eigenvalue weighted by Gasteiger charge is -1.96. The van der Waals surface area contributed by atoms with Crippen molar-refractivity contribution in [1.29, 1.82) is 0 Å². The zero-order valence-electron chi connectivity index (χ0n) is 9.59. The quantitative estimate of drug-likeness (QED) is 0.753. The number of Topliss-reactive ketones (excluding diaryl/α,β-unsaturated/α-hetero) is 1. The van der Waals surface area contributed by atoms with E-state index < -0.39 is 0 Å². The summed E-state index contributed by atoms with van der Waals surface area (Å²) in [5.41, 5.74) is 0.781. The maximum absolute atomic E-state index is 11.8. The number of ketones is 1. The van der Waals surface area contributed by atoms with Crippen molar-refractivity contribution in [1.82, 2.24) is 14.7 Å². The second kappa shape index (κ2) is 3.84. The van der Waals surface area contributed by atoms with Crippen molar-refractivity contribution in [3.05, 3.63) is 35.7 Å². The number of rotatable bonds is 4. The van der Waals surface area contributed by atoms with Crippen LogP contribution >= 0.6 is 0 Å². The number of carbonyl (C=O) groups excluding carboxylic acids is 1. The van der Waals surface area contributed by atoms with Crippen LogP contribution in [-0.4, -0.2) is 20.5 Å². The second-order valence-electron chi connectivity index (χ2n) is 4.45. The maximum Gasteiger partial charge on any atom is 0.246 e. The van der Waals surface area contributed by atoms with Crippen LogP contribution in [0.4, 0.5) is 0 Å². The first-order chi connectivity index (χ1) is 8.22. The van der Waals surface area contributed by atoms with E-state index in [1.54, 1.807) is 6.92 Å². The number of aryl methyl sites for hydroxylation is 1. The zero-order valence-corrected chi connectivity index (χ0v) is 9.59. The Hall–Kier alpha value is -1.91. The lowest BCUT2D eigenvalue weighted by atomic mass is 10.1. The third-order valence-electron chi connectivity index (χ3n) is 2.87. The molecule has 5 nitrogen and oxygen atoms in total. The highest BCUT2D eigenvalue weighted by molar-refractivity contribution is 5.99. The predicted molar refractivity (Wildman–Crippen MR) is 59.6 cm³/mol. The van der Waals surface area contributed by atoms with E-state index >= 15 is 0 Å². The van der Waals surface area contributed by atoms with Crippen LogP contribution in [0.3, 0.4) is 0 Å². The Morgan fingerprint density at radius 1 is 1.59 bits per heavy atom. The minimum Gasteiger partial charge on any atom is -0.344 e. The Morgan fingerprint density at radius 3 is 3.06 bits per heavy atom. The molecule has 88 valence electrons. The van der Waals surface area contributed by atoms with Gasteiger partial charge in [-0.25, -0.2) is 0 Å². The maximum atomic E-state index is 11.8. The molecule has 0 saturated heterocycles. The molecule has 0 atom stereocenters. The number of hydrogen-bond donors (Lipinski definition) is 0. The van der Waals surface area contributed by atoms with Crippen LogP contribution in [0.15, 0.2) is 23.0 Å². The average molecular weight is 231 g/mol. The van der Waals surface area contributed by atoms with Crippen molar-refractivity contribution in [3.8, 4) is 0 Å². The highest BCUT2D eigenvalue weighted by Crippen LogP contribution is 2.32. The van der Waals surface area contributed by atoms with Gasteiger partial charge in [-0.05, 0) is 25.8 Å². The standard InChI is InChI=1S/C12H13N3O2/c1-8-13-11(17-14-8)7-15-5-4-10(6-15)12(16)9-2-3-9/h4-6,9H,2-3,7H2,1H3. The molecule has 0 spiro atoms. The number of carbonyl (C=O) groups is 1. The molecule has 2 heterocycles. The van der Waals surface area contributed by atoms with Gasteiger partial charge in [0.1, 0.15) is 6.54 Å². The molecule has 0 radical (unpaired) electrons. The van der Waals surface area contributed by atoms with Crippen LogP contribution in [0.25, 0.3) is 0 Å². The molecule has 0 aromatic carbocycles. The Kier molecular flexibility index (Phi) is 2.31. The van der Waals surface area contributed by atoms with Crippen LogP contribution in [0.2, 0.25) is 0 Å². The predicted octanol–water partition coefficient (Wildman–Crippen LogP) is 1.82. The summed E-state index contributed by atoms with van der Waals surface area (Å²) in [5.74, 6) is 1.70. The van der Waals surface area contributed by atoms with Crippen molar-refractivity contribution in [2.24, 2.45) is 5.92 Å². The Labute approximate surface area is 98.4 Å². The van der Waals surface area contributed by atoms with Gasteiger partial charge in [-0.3, -0.25) is 4.79 Å². The minimum absolute atomic E-state index is 0.255. The van der Waals surface area contributed by atoms with E-state index in [0.29, 0.717) is 18.3 Å². The first-order valence-corrected chi connectivity index (χ1v) is 5.71. The van der Waals surface area contributed by atoms with Gasteiger partial charge in [0.2, 0.25) is 5.89 Å². The van der Waals surface area contributed by atoms with E-state index in [0.717, 1.165) is 18.4 Å². The summed E-state index contributed by atoms with van der Waals surface area (Å²) in [6.45, 7) is 2.30. The van der Waals surface area contributed by atoms with Crippen LogP contribution in [0.5, 0.6) is 0 Å². The van der Waals surface area contributed by atoms with Gasteiger partial charge in [0, 0.05) is 23.9 Å². The lowest BCUT2D eigenvalue weighted by Crippen LogP contribution is -2.01. The third-order valence-corrected chi connectivity index (χ3v) is 2.87. The van der Waals surface area contributed by atoms with Gasteiger partial charge in [0.05, 0.1) is 0 Å². The topological polar surface area (TPSA) is 60.9 Å². The smallest absolute Gasteiger partial charge is 0.246 e. The summed E-state index contributed by atoms with van der Waals surface area (Å²) in [6.07, 6.45) is 5.79. The summed E-state index contributed by atoms with van der Waals surface area (Å²) in [4.78, 5) is 15.9. The van der Waals surface area contributed by atoms with Crippen molar-refractivity contribution in [3.63, 3.8) is 0 Å². The molecule has 0 aliphatic heterocycles. The van der Waals surface area contributed by atoms with Gasteiger partial charge < -0.3 is 9.09 Å². The molecule has 1 aliphatic rings. The van der Waals surface area contributed by atoms with E-state index in [-0.39, 0.29) is 11.7 Å². The van der Waals surface area contributed by atoms with E-state index in [1.807, 2.05) is 23.0 Å². The SMILES string of the molecule is Cc1noc(Cn2ccc(C(=O)C3CC3)c2)n1. The van der Waals surface area contributed by atoms with Crippen LogP contribution in [-0.2, 0) is 6.54 Å². The Balaban J connectivity index is 1.73. The monoisotopic (exact) mass is 231 g/mol. The zero-order chi connectivity index (χ0) is 11.8. The molecule has 0 N–H and O–H groups in total. The summed E-state index contributed by atoms with van der Waals surface area (Å²) in [6, 6.07) is 1.85. The van der Waals surface area contributed by atoms with Gasteiger partial charge >= 0.3 is 0 Å². The molecule has 0 unspecified atom stereocenters. The van der Waals surface area contributed by atoms with Gasteiger partial charge in [-0.1, -0.05) is 5.16 Å². The number of aromatic nitrogens is 3. The number of hydrogen-bond acceptors (Lipinski definition) is 4. The van der Waals surface area contributed by atoms with Crippen LogP contribution in [0, 0.1) is 12.8 Å². The molecule has 1 fully saturated rings. The first-order valence-electron chi connectivity index (χ1n) is 5.71. The van der Waals surface area contributed by atoms with Crippen molar-refractivity contribution >= 4 is 5.78 Å². The fraction of sp³-hybridized carbons (Fsp3) is 0.417. The lowest BCUT2D eigenvalue weighted by molar-refractivity contribution is 0.0967. The Bertz CT molecular complexity index is 552. The molecule has 3 rings (SSSR count). The fourth-order valence-electron chi connectivity index (χ4n) is 1.83. The highest BCUT2D eigenvalue weighted by atomic mass is 16.5. The minimum atomic E-state index is 0.255. The third kappa shape index (κ3) is 2.13. The molecule has 0 amide bonds. The van der Waals surface area contributed by atoms with Gasteiger partial charge in [-0.2, -0.15) is 4.98 Å². The molecule has 17 heavy (non-hydrogen) atoms. The first kappa shape index (κ1) is 10.3. The van der Waals surface area contributed by atoms with E-state index in [4.69, 9.17) is 4.52 Å². The summed E-state index contributed by atoms with van der Waals surface area (Å²) in [7, 11) is 0. The molecule has 2 aromatic rings. The van der Waals surface area contributed by atoms with Gasteiger partial charge in [0.25, 0.3) is 0 Å². The molecule has 5 heteroatoms. The molecule has 1 saturated carbocycles. The Morgan fingerprint density at radius 2 is 2.41 bits per heavy atom. The van der Waals surface area contributed by atoms with Crippen molar-refractivity contribution in [2.45, 2.75) is 26.3 Å². The average Bonchev–Trinajstić information content (AvgIpc) is 2.93. The fourth-order valence-corrected chi connectivity index (χ4v) is 1.83. The summed E-state index contributed by atoms with van der Waals surface area (Å²) in [5, 5.41) is 3.73.